The molecule has 6 heteroatoms. The van der Waals surface area contributed by atoms with Crippen molar-refractivity contribution < 1.29 is 24.2 Å². The molecule has 0 aliphatic carbocycles. The van der Waals surface area contributed by atoms with Crippen LogP contribution in [0, 0.1) is 0 Å². The molecule has 6 nitrogen and oxygen atoms in total. The van der Waals surface area contributed by atoms with Crippen LogP contribution in [0.4, 0.5) is 0 Å². The molecule has 0 aromatic rings. The molecule has 0 aromatic heterocycles. The minimum Gasteiger partial charge on any atom is -0.480 e. The van der Waals surface area contributed by atoms with Crippen molar-refractivity contribution in [2.45, 2.75) is 264 Å². The van der Waals surface area contributed by atoms with Crippen molar-refractivity contribution in [3.8, 4) is 0 Å². The van der Waals surface area contributed by atoms with Crippen LogP contribution in [0.5, 0.6) is 0 Å². The Morgan fingerprint density at radius 1 is 0.456 bits per heavy atom. The van der Waals surface area contributed by atoms with Gasteiger partial charge in [0.05, 0.1) is 0 Å². The first-order valence-corrected chi connectivity index (χ1v) is 24.6. The van der Waals surface area contributed by atoms with Gasteiger partial charge in [-0.05, 0) is 77.0 Å². The summed E-state index contributed by atoms with van der Waals surface area (Å²) in [6.07, 6.45) is 58.5. The Bertz CT molecular complexity index is 973. The molecule has 0 heterocycles. The fraction of sp³-hybridized carbons (Fsp3) is 0.824. The van der Waals surface area contributed by atoms with Gasteiger partial charge in [-0.3, -0.25) is 14.4 Å². The molecule has 0 saturated carbocycles. The summed E-state index contributed by atoms with van der Waals surface area (Å²) in [6.45, 7) is 4.23. The first-order chi connectivity index (χ1) is 28.0. The van der Waals surface area contributed by atoms with Crippen LogP contribution in [0.3, 0.4) is 0 Å². The highest BCUT2D eigenvalue weighted by atomic mass is 16.5. The summed E-state index contributed by atoms with van der Waals surface area (Å²) in [5.74, 6) is -1.23. The smallest absolute Gasteiger partial charge is 0.322 e. The van der Waals surface area contributed by atoms with Crippen molar-refractivity contribution in [2.24, 2.45) is 0 Å². The summed E-state index contributed by atoms with van der Waals surface area (Å²) in [6, 6.07) is 0. The van der Waals surface area contributed by atoms with Crippen molar-refractivity contribution in [2.75, 3.05) is 6.54 Å². The summed E-state index contributed by atoms with van der Waals surface area (Å²) < 4.78 is 6.05. The first-order valence-electron chi connectivity index (χ1n) is 24.6. The average molecular weight is 800 g/mol. The van der Waals surface area contributed by atoms with E-state index in [4.69, 9.17) is 9.84 Å². The third kappa shape index (κ3) is 46.2. The second-order valence-corrected chi connectivity index (χ2v) is 16.7. The van der Waals surface area contributed by atoms with Crippen LogP contribution in [-0.4, -0.2) is 35.6 Å². The van der Waals surface area contributed by atoms with Gasteiger partial charge in [-0.25, -0.2) is 0 Å². The molecule has 0 rings (SSSR count). The van der Waals surface area contributed by atoms with Crippen molar-refractivity contribution in [3.63, 3.8) is 0 Å². The van der Waals surface area contributed by atoms with E-state index in [2.05, 4.69) is 55.6 Å². The summed E-state index contributed by atoms with van der Waals surface area (Å²) in [4.78, 5) is 35.1. The van der Waals surface area contributed by atoms with E-state index in [-0.39, 0.29) is 24.5 Å². The van der Waals surface area contributed by atoms with Gasteiger partial charge in [-0.1, -0.05) is 204 Å². The van der Waals surface area contributed by atoms with Crippen molar-refractivity contribution in [1.82, 2.24) is 5.32 Å². The van der Waals surface area contributed by atoms with Crippen molar-refractivity contribution >= 4 is 17.8 Å². The number of nitrogens with one attached hydrogen (secondary N) is 1. The van der Waals surface area contributed by atoms with Crippen LogP contribution in [0.25, 0.3) is 0 Å². The molecule has 0 aliphatic heterocycles. The number of carbonyl (C=O) groups is 3. The Kier molecular flexibility index (Phi) is 44.4. The third-order valence-electron chi connectivity index (χ3n) is 11.1. The summed E-state index contributed by atoms with van der Waals surface area (Å²) in [7, 11) is 0. The van der Waals surface area contributed by atoms with Gasteiger partial charge < -0.3 is 15.2 Å². The number of carbonyl (C=O) groups excluding carboxylic acids is 2. The molecule has 0 aliphatic rings. The van der Waals surface area contributed by atoms with Crippen molar-refractivity contribution in [1.29, 1.82) is 0 Å². The number of rotatable bonds is 45. The number of hydrogen-bond acceptors (Lipinski definition) is 4. The molecule has 57 heavy (non-hydrogen) atoms. The van der Waals surface area contributed by atoms with Crippen LogP contribution in [-0.2, 0) is 19.1 Å². The maximum Gasteiger partial charge on any atom is 0.322 e. The minimum atomic E-state index is -1.01. The van der Waals surface area contributed by atoms with E-state index in [0.29, 0.717) is 12.8 Å². The molecule has 2 N–H and O–H groups in total. The number of amides is 1. The number of aliphatic carboxylic acids is 1. The fourth-order valence-corrected chi connectivity index (χ4v) is 7.41. The number of esters is 1. The molecule has 1 unspecified atom stereocenters. The molecule has 332 valence electrons. The Morgan fingerprint density at radius 2 is 0.807 bits per heavy atom. The van der Waals surface area contributed by atoms with Gasteiger partial charge in [0.2, 0.25) is 5.91 Å². The lowest BCUT2D eigenvalue weighted by Gasteiger charge is -2.18. The molecular weight excluding hydrogens is 707 g/mol. The molecule has 0 fully saturated rings. The van der Waals surface area contributed by atoms with E-state index in [1.807, 2.05) is 0 Å². The number of ether oxygens (including phenoxy) is 1. The number of carboxylic acid groups (broad SMARTS) is 1. The minimum absolute atomic E-state index is 0.0183. The quantitative estimate of drug-likeness (QED) is 0.0363. The maximum atomic E-state index is 12.8. The summed E-state index contributed by atoms with van der Waals surface area (Å²) in [5, 5.41) is 11.1. The predicted molar refractivity (Wildman–Crippen MR) is 245 cm³/mol. The largest absolute Gasteiger partial charge is 0.480 e. The number of unbranched alkanes of at least 4 members (excludes halogenated alkanes) is 28. The van der Waals surface area contributed by atoms with E-state index in [9.17, 15) is 14.4 Å². The topological polar surface area (TPSA) is 92.7 Å². The molecule has 1 atom stereocenters. The van der Waals surface area contributed by atoms with E-state index >= 15 is 0 Å². The van der Waals surface area contributed by atoms with Gasteiger partial charge in [-0.15, -0.1) is 0 Å². The predicted octanol–water partition coefficient (Wildman–Crippen LogP) is 15.6. The van der Waals surface area contributed by atoms with E-state index in [1.165, 1.54) is 154 Å². The molecule has 0 bridgehead atoms. The van der Waals surface area contributed by atoms with Gasteiger partial charge in [0.15, 0.2) is 0 Å². The Labute approximate surface area is 353 Å². The normalized spacial score (nSPS) is 12.3. The van der Waals surface area contributed by atoms with Gasteiger partial charge in [0.1, 0.15) is 12.6 Å². The van der Waals surface area contributed by atoms with Crippen molar-refractivity contribution in [3.05, 3.63) is 36.5 Å². The van der Waals surface area contributed by atoms with E-state index < -0.39 is 5.97 Å². The first kappa shape index (κ1) is 54.6. The number of allylic oxidation sites excluding steroid dienone is 6. The van der Waals surface area contributed by atoms with Gasteiger partial charge in [0, 0.05) is 12.8 Å². The van der Waals surface area contributed by atoms with E-state index in [0.717, 1.165) is 77.0 Å². The van der Waals surface area contributed by atoms with Crippen LogP contribution >= 0.6 is 0 Å². The molecular formula is C51H93NO5. The van der Waals surface area contributed by atoms with Crippen LogP contribution in [0.1, 0.15) is 258 Å². The Morgan fingerprint density at radius 3 is 1.23 bits per heavy atom. The lowest BCUT2D eigenvalue weighted by Crippen LogP contribution is -2.28. The highest BCUT2D eigenvalue weighted by molar-refractivity contribution is 5.80. The fourth-order valence-electron chi connectivity index (χ4n) is 7.41. The SMILES string of the molecule is CCCCCCC/C=C\C/C=C\C/C=C\CCCCCCCCCCC(=O)OC(CCCCCCCCCCCCCC)CCCCCCCC(=O)NCC(=O)O. The average Bonchev–Trinajstić information content (AvgIpc) is 3.20. The Balaban J connectivity index is 4.07. The molecule has 0 radical (unpaired) electrons. The second-order valence-electron chi connectivity index (χ2n) is 16.7. The monoisotopic (exact) mass is 800 g/mol. The highest BCUT2D eigenvalue weighted by Crippen LogP contribution is 2.19. The maximum absolute atomic E-state index is 12.8. The lowest BCUT2D eigenvalue weighted by molar-refractivity contribution is -0.150. The standard InChI is InChI=1S/C51H93NO5/c1-3-5-7-9-11-13-15-17-18-19-20-21-22-23-24-25-26-27-29-31-33-38-42-46-51(56)57-48(43-39-35-32-30-28-16-14-12-10-8-6-4-2)44-40-36-34-37-41-45-49(53)52-47-50(54)55/h15,17,19-20,22-23,48H,3-14,16,18,21,24-47H2,1-2H3,(H,52,53)(H,54,55)/b17-15-,20-19-,23-22-. The third-order valence-corrected chi connectivity index (χ3v) is 11.1. The molecule has 1 amide bonds. The zero-order chi connectivity index (χ0) is 41.5. The van der Waals surface area contributed by atoms with Crippen LogP contribution < -0.4 is 5.32 Å². The summed E-state index contributed by atoms with van der Waals surface area (Å²) >= 11 is 0. The second kappa shape index (κ2) is 46.3. The number of hydrogen-bond donors (Lipinski definition) is 2. The van der Waals surface area contributed by atoms with Crippen LogP contribution in [0.15, 0.2) is 36.5 Å². The molecule has 0 spiro atoms. The molecule has 0 saturated heterocycles. The van der Waals surface area contributed by atoms with Crippen LogP contribution in [0.2, 0.25) is 0 Å². The van der Waals surface area contributed by atoms with E-state index in [1.54, 1.807) is 0 Å². The lowest BCUT2D eigenvalue weighted by atomic mass is 10.0. The zero-order valence-electron chi connectivity index (χ0n) is 37.7. The van der Waals surface area contributed by atoms with Gasteiger partial charge in [0.25, 0.3) is 0 Å². The van der Waals surface area contributed by atoms with Gasteiger partial charge >= 0.3 is 11.9 Å². The summed E-state index contributed by atoms with van der Waals surface area (Å²) in [5.41, 5.74) is 0. The van der Waals surface area contributed by atoms with Gasteiger partial charge in [-0.2, -0.15) is 0 Å². The Hall–Kier alpha value is -2.37. The number of carboxylic acids is 1. The molecule has 0 aromatic carbocycles. The zero-order valence-corrected chi connectivity index (χ0v) is 37.7. The highest BCUT2D eigenvalue weighted by Gasteiger charge is 2.14.